The van der Waals surface area contributed by atoms with Gasteiger partial charge in [-0.05, 0) is 37.5 Å². The Bertz CT molecular complexity index is 1100. The number of ether oxygens (including phenoxy) is 2. The van der Waals surface area contributed by atoms with Crippen LogP contribution in [0.4, 0.5) is 26.3 Å². The SMILES string of the molecule is COC[C@@H]1C[C@@H](NC(=O)c2nnc(-c3cc(C(F)(F)F)ccc3OC3CC3)o2)CN1.O=C(O)C(F)(F)F. The van der Waals surface area contributed by atoms with E-state index in [9.17, 15) is 31.1 Å². The molecular weight excluding hydrogens is 518 g/mol. The van der Waals surface area contributed by atoms with Crippen molar-refractivity contribution in [2.24, 2.45) is 0 Å². The molecule has 0 radical (unpaired) electrons. The van der Waals surface area contributed by atoms with E-state index in [-0.39, 0.29) is 41.3 Å². The van der Waals surface area contributed by atoms with Crippen LogP contribution in [0.25, 0.3) is 11.5 Å². The molecule has 204 valence electrons. The molecule has 37 heavy (non-hydrogen) atoms. The minimum atomic E-state index is -5.08. The minimum absolute atomic E-state index is 0.00552. The lowest BCUT2D eigenvalue weighted by Crippen LogP contribution is -2.36. The van der Waals surface area contributed by atoms with Crippen molar-refractivity contribution in [1.82, 2.24) is 20.8 Å². The number of nitrogens with one attached hydrogen (secondary N) is 2. The van der Waals surface area contributed by atoms with Crippen LogP contribution < -0.4 is 15.4 Å². The molecule has 16 heteroatoms. The highest BCUT2D eigenvalue weighted by Crippen LogP contribution is 2.39. The van der Waals surface area contributed by atoms with E-state index in [1.165, 1.54) is 6.07 Å². The van der Waals surface area contributed by atoms with E-state index >= 15 is 0 Å². The van der Waals surface area contributed by atoms with Gasteiger partial charge in [0.25, 0.3) is 5.89 Å². The Morgan fingerprint density at radius 1 is 1.19 bits per heavy atom. The fourth-order valence-electron chi connectivity index (χ4n) is 3.27. The molecule has 2 heterocycles. The van der Waals surface area contributed by atoms with Gasteiger partial charge < -0.3 is 29.6 Å². The topological polar surface area (TPSA) is 136 Å². The normalized spacial score (nSPS) is 19.6. The Morgan fingerprint density at radius 3 is 2.43 bits per heavy atom. The first kappa shape index (κ1) is 28.2. The highest BCUT2D eigenvalue weighted by molar-refractivity contribution is 5.90. The van der Waals surface area contributed by atoms with Gasteiger partial charge >= 0.3 is 30.1 Å². The fraction of sp³-hybridized carbons (Fsp3) is 0.524. The average Bonchev–Trinajstić information content (AvgIpc) is 3.28. The van der Waals surface area contributed by atoms with E-state index in [4.69, 9.17) is 23.8 Å². The Balaban J connectivity index is 0.000000479. The molecule has 0 bridgehead atoms. The zero-order valence-corrected chi connectivity index (χ0v) is 19.2. The molecule has 2 aromatic rings. The molecule has 2 aliphatic rings. The summed E-state index contributed by atoms with van der Waals surface area (Å²) in [5, 5.41) is 20.6. The first-order valence-corrected chi connectivity index (χ1v) is 10.8. The van der Waals surface area contributed by atoms with Crippen LogP contribution in [0.1, 0.15) is 35.5 Å². The zero-order chi connectivity index (χ0) is 27.4. The number of hydrogen-bond donors (Lipinski definition) is 3. The maximum Gasteiger partial charge on any atom is 0.490 e. The standard InChI is InChI=1S/C19H21F3N4O4.C2HF3O2/c1-28-9-12-7-11(8-23-12)24-16(27)18-26-25-17(30-18)14-6-10(19(20,21)22)2-5-15(14)29-13-3-4-13;3-2(4,5)1(6)7/h2,5-6,11-13,23H,3-4,7-9H2,1H3,(H,24,27);(H,6,7)/t11-,12+;/m1./s1. The van der Waals surface area contributed by atoms with E-state index in [0.29, 0.717) is 19.6 Å². The summed E-state index contributed by atoms with van der Waals surface area (Å²) >= 11 is 0. The predicted octanol–water partition coefficient (Wildman–Crippen LogP) is 3.04. The number of carboxylic acid groups (broad SMARTS) is 1. The lowest BCUT2D eigenvalue weighted by Gasteiger charge is -2.12. The lowest BCUT2D eigenvalue weighted by molar-refractivity contribution is -0.192. The van der Waals surface area contributed by atoms with Gasteiger partial charge in [-0.2, -0.15) is 26.3 Å². The summed E-state index contributed by atoms with van der Waals surface area (Å²) in [5.74, 6) is -3.66. The van der Waals surface area contributed by atoms with Crippen molar-refractivity contribution in [3.8, 4) is 17.2 Å². The van der Waals surface area contributed by atoms with Crippen LogP contribution in [-0.2, 0) is 15.7 Å². The van der Waals surface area contributed by atoms with E-state index in [1.807, 2.05) is 0 Å². The Hall–Kier alpha value is -3.40. The quantitative estimate of drug-likeness (QED) is 0.453. The highest BCUT2D eigenvalue weighted by atomic mass is 19.4. The van der Waals surface area contributed by atoms with Crippen LogP contribution in [0.5, 0.6) is 5.75 Å². The van der Waals surface area contributed by atoms with Crippen LogP contribution in [0.15, 0.2) is 22.6 Å². The molecule has 1 saturated carbocycles. The molecule has 1 saturated heterocycles. The number of aromatic nitrogens is 2. The maximum atomic E-state index is 13.2. The number of benzene rings is 1. The number of aliphatic carboxylic acids is 1. The fourth-order valence-corrected chi connectivity index (χ4v) is 3.27. The second-order valence-corrected chi connectivity index (χ2v) is 8.21. The Kier molecular flexibility index (Phi) is 8.63. The Morgan fingerprint density at radius 2 is 1.86 bits per heavy atom. The number of carbonyl (C=O) groups is 2. The summed E-state index contributed by atoms with van der Waals surface area (Å²) in [6.45, 7) is 1.09. The number of nitrogens with zero attached hydrogens (tertiary/aromatic N) is 2. The van der Waals surface area contributed by atoms with Crippen LogP contribution in [0.2, 0.25) is 0 Å². The summed E-state index contributed by atoms with van der Waals surface area (Å²) in [6.07, 6.45) is -7.33. The number of alkyl halides is 6. The molecule has 4 rings (SSSR count). The molecule has 1 aliphatic heterocycles. The van der Waals surface area contributed by atoms with Crippen molar-refractivity contribution >= 4 is 11.9 Å². The molecule has 10 nitrogen and oxygen atoms in total. The third-order valence-electron chi connectivity index (χ3n) is 5.14. The number of hydrogen-bond acceptors (Lipinski definition) is 8. The molecule has 2 atom stereocenters. The van der Waals surface area contributed by atoms with Crippen molar-refractivity contribution in [1.29, 1.82) is 0 Å². The van der Waals surface area contributed by atoms with Crippen molar-refractivity contribution in [3.63, 3.8) is 0 Å². The van der Waals surface area contributed by atoms with Crippen LogP contribution >= 0.6 is 0 Å². The Labute approximate surface area is 205 Å². The van der Waals surface area contributed by atoms with Crippen molar-refractivity contribution in [2.45, 2.75) is 49.8 Å². The van der Waals surface area contributed by atoms with Gasteiger partial charge in [-0.15, -0.1) is 10.2 Å². The lowest BCUT2D eigenvalue weighted by atomic mass is 10.1. The molecule has 1 aromatic carbocycles. The number of carbonyl (C=O) groups excluding carboxylic acids is 1. The number of halogens is 6. The second kappa shape index (κ2) is 11.3. The smallest absolute Gasteiger partial charge is 0.490 e. The third kappa shape index (κ3) is 8.04. The van der Waals surface area contributed by atoms with Gasteiger partial charge in [0.2, 0.25) is 0 Å². The molecule has 3 N–H and O–H groups in total. The van der Waals surface area contributed by atoms with Crippen molar-refractivity contribution in [2.75, 3.05) is 20.3 Å². The third-order valence-corrected chi connectivity index (χ3v) is 5.14. The van der Waals surface area contributed by atoms with E-state index in [0.717, 1.165) is 25.0 Å². The van der Waals surface area contributed by atoms with Gasteiger partial charge in [0.15, 0.2) is 0 Å². The van der Waals surface area contributed by atoms with Gasteiger partial charge in [-0.1, -0.05) is 0 Å². The largest absolute Gasteiger partial charge is 0.490 e. The van der Waals surface area contributed by atoms with Crippen LogP contribution in [0.3, 0.4) is 0 Å². The second-order valence-electron chi connectivity index (χ2n) is 8.21. The summed E-state index contributed by atoms with van der Waals surface area (Å²) in [5.41, 5.74) is -0.864. The number of amides is 1. The first-order chi connectivity index (χ1) is 17.3. The summed E-state index contributed by atoms with van der Waals surface area (Å²) in [7, 11) is 1.60. The van der Waals surface area contributed by atoms with Gasteiger partial charge in [-0.3, -0.25) is 4.79 Å². The average molecular weight is 540 g/mol. The molecule has 0 unspecified atom stereocenters. The summed E-state index contributed by atoms with van der Waals surface area (Å²) in [4.78, 5) is 21.3. The number of methoxy groups -OCH3 is 1. The molecule has 2 fully saturated rings. The molecule has 1 amide bonds. The van der Waals surface area contributed by atoms with Gasteiger partial charge in [0, 0.05) is 25.7 Å². The number of rotatable bonds is 7. The van der Waals surface area contributed by atoms with Crippen molar-refractivity contribution in [3.05, 3.63) is 29.7 Å². The summed E-state index contributed by atoms with van der Waals surface area (Å²) in [6, 6.07) is 3.06. The van der Waals surface area contributed by atoms with E-state index < -0.39 is 29.8 Å². The highest BCUT2D eigenvalue weighted by Gasteiger charge is 2.38. The number of carboxylic acids is 1. The predicted molar refractivity (Wildman–Crippen MR) is 112 cm³/mol. The molecule has 1 aromatic heterocycles. The van der Waals surface area contributed by atoms with Gasteiger partial charge in [0.1, 0.15) is 5.75 Å². The maximum absolute atomic E-state index is 13.2. The zero-order valence-electron chi connectivity index (χ0n) is 19.2. The minimum Gasteiger partial charge on any atom is -0.490 e. The molecule has 0 spiro atoms. The van der Waals surface area contributed by atoms with Gasteiger partial charge in [-0.25, -0.2) is 4.79 Å². The summed E-state index contributed by atoms with van der Waals surface area (Å²) < 4.78 is 87.3. The van der Waals surface area contributed by atoms with E-state index in [1.54, 1.807) is 7.11 Å². The molecule has 1 aliphatic carbocycles. The first-order valence-electron chi connectivity index (χ1n) is 10.8. The molecular formula is C21H22F6N4O6. The monoisotopic (exact) mass is 540 g/mol. The van der Waals surface area contributed by atoms with Crippen molar-refractivity contribution < 1.29 is 54.9 Å². The van der Waals surface area contributed by atoms with Crippen LogP contribution in [0, 0.1) is 0 Å². The van der Waals surface area contributed by atoms with Gasteiger partial charge in [0.05, 0.1) is 23.8 Å². The van der Waals surface area contributed by atoms with E-state index in [2.05, 4.69) is 20.8 Å². The van der Waals surface area contributed by atoms with Crippen LogP contribution in [-0.4, -0.2) is 71.8 Å².